The molecule has 1 atom stereocenters. The molecule has 28 heavy (non-hydrogen) atoms. The van der Waals surface area contributed by atoms with Gasteiger partial charge in [-0.25, -0.2) is 8.42 Å². The second-order valence-corrected chi connectivity index (χ2v) is 9.76. The van der Waals surface area contributed by atoms with Gasteiger partial charge in [-0.2, -0.15) is 19.7 Å². The summed E-state index contributed by atoms with van der Waals surface area (Å²) < 4.78 is 28.0. The van der Waals surface area contributed by atoms with Crippen LogP contribution in [-0.4, -0.2) is 64.6 Å². The number of aromatic amines is 1. The van der Waals surface area contributed by atoms with E-state index in [-0.39, 0.29) is 22.7 Å². The maximum atomic E-state index is 13.1. The van der Waals surface area contributed by atoms with Gasteiger partial charge in [0.2, 0.25) is 0 Å². The first-order valence-corrected chi connectivity index (χ1v) is 11.0. The highest BCUT2D eigenvalue weighted by molar-refractivity contribution is 7.91. The molecule has 1 fully saturated rings. The Bertz CT molecular complexity index is 1060. The molecule has 0 aliphatic carbocycles. The van der Waals surface area contributed by atoms with Crippen molar-refractivity contribution in [2.45, 2.75) is 17.2 Å². The Hall–Kier alpha value is -2.56. The Morgan fingerprint density at radius 3 is 2.64 bits per heavy atom. The van der Waals surface area contributed by atoms with Crippen LogP contribution in [0.25, 0.3) is 10.6 Å². The largest absolute Gasteiger partial charge is 0.336 e. The van der Waals surface area contributed by atoms with Gasteiger partial charge < -0.3 is 4.90 Å². The molecule has 1 aliphatic heterocycles. The van der Waals surface area contributed by atoms with Crippen molar-refractivity contribution in [3.63, 3.8) is 0 Å². The van der Waals surface area contributed by atoms with Crippen LogP contribution in [0.1, 0.15) is 17.3 Å². The second kappa shape index (κ2) is 7.46. The van der Waals surface area contributed by atoms with Crippen LogP contribution in [0.4, 0.5) is 0 Å². The molecule has 4 rings (SSSR count). The third-order valence-corrected chi connectivity index (χ3v) is 8.28. The van der Waals surface area contributed by atoms with E-state index in [9.17, 15) is 13.2 Å². The van der Waals surface area contributed by atoms with Gasteiger partial charge in [-0.05, 0) is 31.2 Å². The van der Waals surface area contributed by atoms with Gasteiger partial charge in [-0.15, -0.1) is 11.3 Å². The second-order valence-electron chi connectivity index (χ2n) is 6.56. The SMILES string of the molecule is CC1CN(C(=O)c2ccccc2)CCN1S(=O)(=O)c1ccc(-c2cn[nH]n2)s1. The number of piperazine rings is 1. The lowest BCUT2D eigenvalue weighted by Crippen LogP contribution is -2.55. The summed E-state index contributed by atoms with van der Waals surface area (Å²) in [5, 5.41) is 10.3. The van der Waals surface area contributed by atoms with Crippen molar-refractivity contribution in [3.05, 3.63) is 54.2 Å². The molecule has 146 valence electrons. The average molecular weight is 418 g/mol. The molecule has 0 saturated carbocycles. The van der Waals surface area contributed by atoms with Crippen molar-refractivity contribution in [3.8, 4) is 10.6 Å². The Morgan fingerprint density at radius 1 is 1.18 bits per heavy atom. The number of rotatable bonds is 4. The number of amides is 1. The number of benzene rings is 1. The van der Waals surface area contributed by atoms with Crippen LogP contribution in [0.3, 0.4) is 0 Å². The minimum atomic E-state index is -3.64. The summed E-state index contributed by atoms with van der Waals surface area (Å²) in [6.45, 7) is 2.81. The fourth-order valence-electron chi connectivity index (χ4n) is 3.28. The highest BCUT2D eigenvalue weighted by atomic mass is 32.2. The molecule has 1 amide bonds. The zero-order valence-electron chi connectivity index (χ0n) is 15.1. The lowest BCUT2D eigenvalue weighted by Gasteiger charge is -2.38. The molecule has 3 aromatic rings. The van der Waals surface area contributed by atoms with E-state index in [1.807, 2.05) is 25.1 Å². The summed E-state index contributed by atoms with van der Waals surface area (Å²) >= 11 is 1.16. The van der Waals surface area contributed by atoms with E-state index < -0.39 is 10.0 Å². The van der Waals surface area contributed by atoms with Crippen LogP contribution in [0, 0.1) is 0 Å². The molecule has 3 heterocycles. The number of nitrogens with zero attached hydrogens (tertiary/aromatic N) is 4. The molecule has 0 spiro atoms. The topological polar surface area (TPSA) is 99.3 Å². The van der Waals surface area contributed by atoms with E-state index in [1.165, 1.54) is 4.31 Å². The number of hydrogen-bond acceptors (Lipinski definition) is 6. The summed E-state index contributed by atoms with van der Waals surface area (Å²) in [6, 6.07) is 12.1. The van der Waals surface area contributed by atoms with Gasteiger partial charge in [0.05, 0.1) is 11.1 Å². The smallest absolute Gasteiger partial charge is 0.253 e. The molecule has 1 aromatic carbocycles. The first-order valence-electron chi connectivity index (χ1n) is 8.79. The normalized spacial score (nSPS) is 18.3. The standard InChI is InChI=1S/C18H19N5O3S2/c1-13-12-22(18(24)14-5-3-2-4-6-14)9-10-23(13)28(25,26)17-8-7-16(27-17)15-11-19-21-20-15/h2-8,11,13H,9-10,12H2,1H3,(H,19,20,21). The van der Waals surface area contributed by atoms with Crippen molar-refractivity contribution < 1.29 is 13.2 Å². The van der Waals surface area contributed by atoms with Crippen LogP contribution in [-0.2, 0) is 10.0 Å². The van der Waals surface area contributed by atoms with Gasteiger partial charge in [0, 0.05) is 31.2 Å². The number of sulfonamides is 1. The predicted octanol–water partition coefficient (Wildman–Crippen LogP) is 2.07. The van der Waals surface area contributed by atoms with E-state index >= 15 is 0 Å². The van der Waals surface area contributed by atoms with Gasteiger partial charge in [0.25, 0.3) is 15.9 Å². The molecule has 2 aromatic heterocycles. The molecule has 0 radical (unpaired) electrons. The molecule has 1 N–H and O–H groups in total. The molecule has 1 unspecified atom stereocenters. The van der Waals surface area contributed by atoms with E-state index in [0.29, 0.717) is 24.3 Å². The number of hydrogen-bond donors (Lipinski definition) is 1. The number of H-pyrrole nitrogens is 1. The Kier molecular flexibility index (Phi) is 5.00. The Morgan fingerprint density at radius 2 is 1.96 bits per heavy atom. The van der Waals surface area contributed by atoms with Crippen LogP contribution in [0.15, 0.2) is 52.9 Å². The van der Waals surface area contributed by atoms with Crippen molar-refractivity contribution in [2.24, 2.45) is 0 Å². The van der Waals surface area contributed by atoms with Crippen LogP contribution < -0.4 is 0 Å². The van der Waals surface area contributed by atoms with Gasteiger partial charge >= 0.3 is 0 Å². The van der Waals surface area contributed by atoms with Crippen LogP contribution in [0.2, 0.25) is 0 Å². The van der Waals surface area contributed by atoms with Gasteiger partial charge in [0.1, 0.15) is 9.90 Å². The fourth-order valence-corrected chi connectivity index (χ4v) is 6.28. The average Bonchev–Trinajstić information content (AvgIpc) is 3.39. The van der Waals surface area contributed by atoms with E-state index in [4.69, 9.17) is 0 Å². The molecular formula is C18H19N5O3S2. The first kappa shape index (κ1) is 18.8. The summed E-state index contributed by atoms with van der Waals surface area (Å²) in [7, 11) is -3.64. The minimum absolute atomic E-state index is 0.0751. The summed E-state index contributed by atoms with van der Waals surface area (Å²) in [6.07, 6.45) is 1.55. The highest BCUT2D eigenvalue weighted by Gasteiger charge is 2.36. The van der Waals surface area contributed by atoms with Crippen molar-refractivity contribution in [1.82, 2.24) is 24.6 Å². The zero-order valence-corrected chi connectivity index (χ0v) is 16.8. The van der Waals surface area contributed by atoms with Crippen molar-refractivity contribution in [1.29, 1.82) is 0 Å². The van der Waals surface area contributed by atoms with Gasteiger partial charge in [0.15, 0.2) is 0 Å². The highest BCUT2D eigenvalue weighted by Crippen LogP contribution is 2.32. The molecule has 8 nitrogen and oxygen atoms in total. The third kappa shape index (κ3) is 3.46. The number of nitrogens with one attached hydrogen (secondary N) is 1. The fraction of sp³-hybridized carbons (Fsp3) is 0.278. The van der Waals surface area contributed by atoms with Gasteiger partial charge in [-0.1, -0.05) is 18.2 Å². The predicted molar refractivity (Wildman–Crippen MR) is 105 cm³/mol. The van der Waals surface area contributed by atoms with E-state index in [2.05, 4.69) is 15.4 Å². The van der Waals surface area contributed by atoms with Crippen LogP contribution in [0.5, 0.6) is 0 Å². The molecule has 1 saturated heterocycles. The molecule has 1 aliphatic rings. The van der Waals surface area contributed by atoms with Crippen molar-refractivity contribution >= 4 is 27.3 Å². The number of aromatic nitrogens is 3. The van der Waals surface area contributed by atoms with E-state index in [0.717, 1.165) is 16.2 Å². The summed E-state index contributed by atoms with van der Waals surface area (Å²) in [5.41, 5.74) is 1.22. The molecular weight excluding hydrogens is 398 g/mol. The number of carbonyl (C=O) groups is 1. The summed E-state index contributed by atoms with van der Waals surface area (Å²) in [4.78, 5) is 15.1. The number of thiophene rings is 1. The zero-order chi connectivity index (χ0) is 19.7. The summed E-state index contributed by atoms with van der Waals surface area (Å²) in [5.74, 6) is -0.0751. The maximum Gasteiger partial charge on any atom is 0.253 e. The van der Waals surface area contributed by atoms with Gasteiger partial charge in [-0.3, -0.25) is 4.79 Å². The maximum absolute atomic E-state index is 13.1. The molecule has 10 heteroatoms. The third-order valence-electron chi connectivity index (χ3n) is 4.69. The monoisotopic (exact) mass is 417 g/mol. The first-order chi connectivity index (χ1) is 13.5. The van der Waals surface area contributed by atoms with E-state index in [1.54, 1.807) is 35.4 Å². The lowest BCUT2D eigenvalue weighted by atomic mass is 10.1. The Balaban J connectivity index is 1.50. The van der Waals surface area contributed by atoms with Crippen molar-refractivity contribution in [2.75, 3.05) is 19.6 Å². The van der Waals surface area contributed by atoms with Crippen LogP contribution >= 0.6 is 11.3 Å². The number of carbonyl (C=O) groups excluding carboxylic acids is 1. The quantitative estimate of drug-likeness (QED) is 0.701. The minimum Gasteiger partial charge on any atom is -0.336 e. The molecule has 0 bridgehead atoms. The lowest BCUT2D eigenvalue weighted by molar-refractivity contribution is 0.0642. The Labute approximate surface area is 166 Å².